The third-order valence-electron chi connectivity index (χ3n) is 3.58. The Kier molecular flexibility index (Phi) is 3.68. The maximum Gasteiger partial charge on any atom is 0.320 e. The van der Waals surface area contributed by atoms with E-state index in [9.17, 15) is 9.90 Å². The molecule has 3 heterocycles. The van der Waals surface area contributed by atoms with Crippen LogP contribution in [0.15, 0.2) is 34.3 Å². The molecule has 2 unspecified atom stereocenters. The summed E-state index contributed by atoms with van der Waals surface area (Å²) < 4.78 is 0. The van der Waals surface area contributed by atoms with E-state index in [1.54, 1.807) is 22.7 Å². The molecule has 0 radical (unpaired) electrons. The average Bonchev–Trinajstić information content (AvgIpc) is 3.12. The predicted molar refractivity (Wildman–Crippen MR) is 77.8 cm³/mol. The van der Waals surface area contributed by atoms with Crippen LogP contribution >= 0.6 is 22.7 Å². The molecule has 2 aromatic rings. The van der Waals surface area contributed by atoms with Gasteiger partial charge in [0.1, 0.15) is 6.04 Å². The second kappa shape index (κ2) is 5.45. The van der Waals surface area contributed by atoms with E-state index >= 15 is 0 Å². The van der Waals surface area contributed by atoms with Crippen molar-refractivity contribution >= 4 is 28.6 Å². The standard InChI is InChI=1S/C14H15NO2S2/c16-14(17)11-3-1-6-15(11)13(10-5-8-18-9-10)12-4-2-7-19-12/h2,4-5,7-9,11,13H,1,3,6H2,(H,16,17). The zero-order valence-electron chi connectivity index (χ0n) is 10.4. The molecule has 0 aliphatic carbocycles. The van der Waals surface area contributed by atoms with Gasteiger partial charge in [-0.25, -0.2) is 0 Å². The van der Waals surface area contributed by atoms with Gasteiger partial charge >= 0.3 is 5.97 Å². The fraction of sp³-hybridized carbons (Fsp3) is 0.357. The minimum atomic E-state index is -0.700. The van der Waals surface area contributed by atoms with Crippen LogP contribution in [0.5, 0.6) is 0 Å². The van der Waals surface area contributed by atoms with E-state index in [1.807, 2.05) is 6.07 Å². The van der Waals surface area contributed by atoms with Crippen LogP contribution in [-0.4, -0.2) is 28.6 Å². The Bertz CT molecular complexity index is 502. The van der Waals surface area contributed by atoms with E-state index in [1.165, 1.54) is 10.4 Å². The summed E-state index contributed by atoms with van der Waals surface area (Å²) in [6.45, 7) is 0.857. The highest BCUT2D eigenvalue weighted by atomic mass is 32.1. The molecule has 1 N–H and O–H groups in total. The highest BCUT2D eigenvalue weighted by Gasteiger charge is 2.37. The second-order valence-corrected chi connectivity index (χ2v) is 6.47. The number of nitrogens with zero attached hydrogens (tertiary/aromatic N) is 1. The van der Waals surface area contributed by atoms with E-state index < -0.39 is 5.97 Å². The molecule has 1 aliphatic rings. The molecule has 0 spiro atoms. The van der Waals surface area contributed by atoms with Gasteiger partial charge in [-0.2, -0.15) is 11.3 Å². The lowest BCUT2D eigenvalue weighted by molar-refractivity contribution is -0.142. The molecular weight excluding hydrogens is 278 g/mol. The monoisotopic (exact) mass is 293 g/mol. The van der Waals surface area contributed by atoms with E-state index in [4.69, 9.17) is 0 Å². The van der Waals surface area contributed by atoms with E-state index in [0.29, 0.717) is 0 Å². The molecule has 19 heavy (non-hydrogen) atoms. The van der Waals surface area contributed by atoms with E-state index in [-0.39, 0.29) is 12.1 Å². The molecule has 2 atom stereocenters. The number of carbonyl (C=O) groups is 1. The van der Waals surface area contributed by atoms with Crippen LogP contribution in [-0.2, 0) is 4.79 Å². The number of thiophene rings is 2. The summed E-state index contributed by atoms with van der Waals surface area (Å²) in [4.78, 5) is 14.8. The van der Waals surface area contributed by atoms with Crippen LogP contribution in [0, 0.1) is 0 Å². The number of hydrogen-bond donors (Lipinski definition) is 1. The van der Waals surface area contributed by atoms with Crippen molar-refractivity contribution in [1.29, 1.82) is 0 Å². The quantitative estimate of drug-likeness (QED) is 0.938. The summed E-state index contributed by atoms with van der Waals surface area (Å²) in [5.74, 6) is -0.700. The van der Waals surface area contributed by atoms with Crippen LogP contribution in [0.4, 0.5) is 0 Å². The summed E-state index contributed by atoms with van der Waals surface area (Å²) in [7, 11) is 0. The van der Waals surface area contributed by atoms with Crippen molar-refractivity contribution in [2.75, 3.05) is 6.54 Å². The smallest absolute Gasteiger partial charge is 0.320 e. The first-order valence-corrected chi connectivity index (χ1v) is 8.13. The second-order valence-electron chi connectivity index (χ2n) is 4.71. The Morgan fingerprint density at radius 2 is 2.32 bits per heavy atom. The van der Waals surface area contributed by atoms with Crippen molar-refractivity contribution in [3.63, 3.8) is 0 Å². The fourth-order valence-corrected chi connectivity index (χ4v) is 4.31. The first-order valence-electron chi connectivity index (χ1n) is 6.31. The Hall–Kier alpha value is -1.17. The molecule has 100 valence electrons. The molecule has 1 saturated heterocycles. The first-order chi connectivity index (χ1) is 9.27. The van der Waals surface area contributed by atoms with Gasteiger partial charge in [-0.05, 0) is 46.7 Å². The normalized spacial score (nSPS) is 21.6. The highest BCUT2D eigenvalue weighted by Crippen LogP contribution is 2.37. The number of aliphatic carboxylic acids is 1. The molecule has 2 aromatic heterocycles. The van der Waals surface area contributed by atoms with Crippen LogP contribution in [0.3, 0.4) is 0 Å². The van der Waals surface area contributed by atoms with Gasteiger partial charge in [0.25, 0.3) is 0 Å². The predicted octanol–water partition coefficient (Wildman–Crippen LogP) is 3.45. The minimum Gasteiger partial charge on any atom is -0.480 e. The lowest BCUT2D eigenvalue weighted by atomic mass is 10.1. The van der Waals surface area contributed by atoms with E-state index in [2.05, 4.69) is 33.2 Å². The van der Waals surface area contributed by atoms with Crippen LogP contribution in [0.2, 0.25) is 0 Å². The Balaban J connectivity index is 1.98. The van der Waals surface area contributed by atoms with Gasteiger partial charge < -0.3 is 5.11 Å². The molecule has 5 heteroatoms. The van der Waals surface area contributed by atoms with Crippen molar-refractivity contribution in [2.45, 2.75) is 24.9 Å². The van der Waals surface area contributed by atoms with Crippen molar-refractivity contribution in [2.24, 2.45) is 0 Å². The largest absolute Gasteiger partial charge is 0.480 e. The van der Waals surface area contributed by atoms with Crippen molar-refractivity contribution in [1.82, 2.24) is 4.90 Å². The summed E-state index contributed by atoms with van der Waals surface area (Å²) in [6.07, 6.45) is 1.71. The molecule has 0 saturated carbocycles. The molecule has 3 rings (SSSR count). The average molecular weight is 293 g/mol. The molecule has 0 aromatic carbocycles. The topological polar surface area (TPSA) is 40.5 Å². The molecular formula is C14H15NO2S2. The van der Waals surface area contributed by atoms with E-state index in [0.717, 1.165) is 19.4 Å². The van der Waals surface area contributed by atoms with Gasteiger partial charge in [0, 0.05) is 11.4 Å². The van der Waals surface area contributed by atoms with Gasteiger partial charge in [-0.1, -0.05) is 6.07 Å². The minimum absolute atomic E-state index is 0.0925. The van der Waals surface area contributed by atoms with Crippen LogP contribution in [0.25, 0.3) is 0 Å². The van der Waals surface area contributed by atoms with Gasteiger partial charge in [0.15, 0.2) is 0 Å². The van der Waals surface area contributed by atoms with Crippen LogP contribution < -0.4 is 0 Å². The first kappa shape index (κ1) is 12.8. The number of carboxylic acid groups (broad SMARTS) is 1. The zero-order valence-corrected chi connectivity index (χ0v) is 12.0. The van der Waals surface area contributed by atoms with Gasteiger partial charge in [0.05, 0.1) is 6.04 Å². The van der Waals surface area contributed by atoms with Gasteiger partial charge in [0.2, 0.25) is 0 Å². The van der Waals surface area contributed by atoms with Gasteiger partial charge in [-0.15, -0.1) is 11.3 Å². The molecule has 0 amide bonds. The molecule has 0 bridgehead atoms. The summed E-state index contributed by atoms with van der Waals surface area (Å²) >= 11 is 3.36. The third-order valence-corrected chi connectivity index (χ3v) is 5.21. The summed E-state index contributed by atoms with van der Waals surface area (Å²) in [6, 6.07) is 5.98. The Morgan fingerprint density at radius 1 is 1.42 bits per heavy atom. The summed E-state index contributed by atoms with van der Waals surface area (Å²) in [5.41, 5.74) is 1.21. The highest BCUT2D eigenvalue weighted by molar-refractivity contribution is 7.10. The SMILES string of the molecule is O=C(O)C1CCCN1C(c1ccsc1)c1cccs1. The number of hydrogen-bond acceptors (Lipinski definition) is 4. The van der Waals surface area contributed by atoms with Crippen LogP contribution in [0.1, 0.15) is 29.3 Å². The zero-order chi connectivity index (χ0) is 13.2. The maximum absolute atomic E-state index is 11.4. The fourth-order valence-electron chi connectivity index (χ4n) is 2.76. The number of likely N-dealkylation sites (tertiary alicyclic amines) is 1. The number of rotatable bonds is 4. The third kappa shape index (κ3) is 2.45. The number of carboxylic acids is 1. The lowest BCUT2D eigenvalue weighted by Crippen LogP contribution is -2.38. The van der Waals surface area contributed by atoms with Gasteiger partial charge in [-0.3, -0.25) is 9.69 Å². The Labute approximate surface area is 120 Å². The Morgan fingerprint density at radius 3 is 2.95 bits per heavy atom. The lowest BCUT2D eigenvalue weighted by Gasteiger charge is -2.30. The maximum atomic E-state index is 11.4. The molecule has 3 nitrogen and oxygen atoms in total. The molecule has 1 aliphatic heterocycles. The molecule has 1 fully saturated rings. The summed E-state index contributed by atoms with van der Waals surface area (Å²) in [5, 5.41) is 15.6. The van der Waals surface area contributed by atoms with Crippen molar-refractivity contribution in [3.8, 4) is 0 Å². The van der Waals surface area contributed by atoms with Crippen molar-refractivity contribution in [3.05, 3.63) is 44.8 Å². The van der Waals surface area contributed by atoms with Crippen molar-refractivity contribution < 1.29 is 9.90 Å².